The summed E-state index contributed by atoms with van der Waals surface area (Å²) in [4.78, 5) is 12.4. The first kappa shape index (κ1) is 16.4. The molecule has 4 nitrogen and oxygen atoms in total. The van der Waals surface area contributed by atoms with Crippen LogP contribution in [0.1, 0.15) is 30.9 Å². The van der Waals surface area contributed by atoms with Crippen LogP contribution in [0.25, 0.3) is 0 Å². The van der Waals surface area contributed by atoms with Gasteiger partial charge < -0.3 is 15.4 Å². The Labute approximate surface area is 143 Å². The molecule has 1 amide bonds. The number of fused-ring (bicyclic) bond motifs is 1. The van der Waals surface area contributed by atoms with Crippen molar-refractivity contribution in [2.24, 2.45) is 0 Å². The highest BCUT2D eigenvalue weighted by Gasteiger charge is 2.17. The van der Waals surface area contributed by atoms with Crippen molar-refractivity contribution in [3.05, 3.63) is 53.6 Å². The molecule has 0 heterocycles. The van der Waals surface area contributed by atoms with Gasteiger partial charge in [0.05, 0.1) is 7.11 Å². The predicted molar refractivity (Wildman–Crippen MR) is 97.8 cm³/mol. The van der Waals surface area contributed by atoms with Crippen LogP contribution >= 0.6 is 0 Å². The van der Waals surface area contributed by atoms with Gasteiger partial charge in [0.15, 0.2) is 0 Å². The largest absolute Gasteiger partial charge is 0.497 e. The number of methoxy groups -OCH3 is 1. The summed E-state index contributed by atoms with van der Waals surface area (Å²) in [6.07, 6.45) is 4.70. The molecule has 126 valence electrons. The second-order valence-electron chi connectivity index (χ2n) is 6.23. The van der Waals surface area contributed by atoms with Crippen LogP contribution in [0.3, 0.4) is 0 Å². The van der Waals surface area contributed by atoms with Crippen molar-refractivity contribution in [1.29, 1.82) is 0 Å². The molecule has 2 N–H and O–H groups in total. The quantitative estimate of drug-likeness (QED) is 0.873. The summed E-state index contributed by atoms with van der Waals surface area (Å²) in [7, 11) is 1.63. The molecule has 1 aliphatic rings. The molecule has 4 heteroatoms. The number of nitrogens with one attached hydrogen (secondary N) is 2. The van der Waals surface area contributed by atoms with Crippen LogP contribution in [-0.4, -0.2) is 19.1 Å². The minimum atomic E-state index is -0.305. The molecule has 0 aromatic heterocycles. The highest BCUT2D eigenvalue weighted by molar-refractivity contribution is 5.96. The van der Waals surface area contributed by atoms with Crippen molar-refractivity contribution in [1.82, 2.24) is 0 Å². The van der Waals surface area contributed by atoms with E-state index in [2.05, 4.69) is 28.8 Å². The van der Waals surface area contributed by atoms with E-state index >= 15 is 0 Å². The Hall–Kier alpha value is -2.49. The lowest BCUT2D eigenvalue weighted by atomic mass is 9.90. The zero-order chi connectivity index (χ0) is 16.9. The molecule has 0 unspecified atom stereocenters. The summed E-state index contributed by atoms with van der Waals surface area (Å²) in [6.45, 7) is 1.89. The molecule has 1 atom stereocenters. The van der Waals surface area contributed by atoms with Gasteiger partial charge in [0, 0.05) is 11.4 Å². The van der Waals surface area contributed by atoms with E-state index in [1.54, 1.807) is 7.11 Å². The Kier molecular flexibility index (Phi) is 5.04. The second kappa shape index (κ2) is 7.39. The average Bonchev–Trinajstić information content (AvgIpc) is 2.62. The van der Waals surface area contributed by atoms with Gasteiger partial charge in [-0.3, -0.25) is 4.79 Å². The van der Waals surface area contributed by atoms with Gasteiger partial charge in [-0.2, -0.15) is 0 Å². The normalized spacial score (nSPS) is 14.4. The number of hydrogen-bond acceptors (Lipinski definition) is 3. The molecule has 0 bridgehead atoms. The summed E-state index contributed by atoms with van der Waals surface area (Å²) in [6, 6.07) is 13.4. The summed E-state index contributed by atoms with van der Waals surface area (Å²) in [5, 5.41) is 6.31. The maximum atomic E-state index is 12.4. The maximum absolute atomic E-state index is 12.4. The smallest absolute Gasteiger partial charge is 0.246 e. The maximum Gasteiger partial charge on any atom is 0.246 e. The number of hydrogen-bond donors (Lipinski definition) is 2. The van der Waals surface area contributed by atoms with Crippen LogP contribution in [0.4, 0.5) is 11.4 Å². The molecule has 2 aromatic carbocycles. The zero-order valence-electron chi connectivity index (χ0n) is 14.3. The standard InChI is InChI=1S/C20H24N2O2/c1-14(20(23)22-16-10-12-17(24-2)13-11-16)21-19-9-5-7-15-6-3-4-8-18(15)19/h5,7,9-14,21H,3-4,6,8H2,1-2H3,(H,22,23)/t14-/m1/s1. The predicted octanol–water partition coefficient (Wildman–Crippen LogP) is 4.01. The van der Waals surface area contributed by atoms with Crippen LogP contribution in [0, 0.1) is 0 Å². The monoisotopic (exact) mass is 324 g/mol. The first-order valence-corrected chi connectivity index (χ1v) is 8.49. The molecule has 1 aliphatic carbocycles. The van der Waals surface area contributed by atoms with E-state index in [4.69, 9.17) is 4.74 Å². The first-order chi connectivity index (χ1) is 11.7. The van der Waals surface area contributed by atoms with Gasteiger partial charge in [0.2, 0.25) is 5.91 Å². The van der Waals surface area contributed by atoms with Crippen LogP contribution < -0.4 is 15.4 Å². The van der Waals surface area contributed by atoms with E-state index in [9.17, 15) is 4.79 Å². The lowest BCUT2D eigenvalue weighted by Crippen LogP contribution is -2.32. The third-order valence-corrected chi connectivity index (χ3v) is 4.52. The van der Waals surface area contributed by atoms with E-state index in [1.807, 2.05) is 31.2 Å². The number of anilines is 2. The van der Waals surface area contributed by atoms with Crippen LogP contribution in [0.2, 0.25) is 0 Å². The molecule has 0 fully saturated rings. The number of carbonyl (C=O) groups excluding carboxylic acids is 1. The van der Waals surface area contributed by atoms with E-state index in [-0.39, 0.29) is 11.9 Å². The summed E-state index contributed by atoms with van der Waals surface area (Å²) >= 11 is 0. The first-order valence-electron chi connectivity index (χ1n) is 8.49. The Bertz CT molecular complexity index is 710. The fraction of sp³-hybridized carbons (Fsp3) is 0.350. The number of benzene rings is 2. The zero-order valence-corrected chi connectivity index (χ0v) is 14.3. The lowest BCUT2D eigenvalue weighted by molar-refractivity contribution is -0.116. The molecule has 0 radical (unpaired) electrons. The number of rotatable bonds is 5. The van der Waals surface area contributed by atoms with Crippen molar-refractivity contribution < 1.29 is 9.53 Å². The van der Waals surface area contributed by atoms with Gasteiger partial charge in [-0.25, -0.2) is 0 Å². The highest BCUT2D eigenvalue weighted by atomic mass is 16.5. The Morgan fingerprint density at radius 1 is 1.08 bits per heavy atom. The van der Waals surface area contributed by atoms with Crippen molar-refractivity contribution in [2.45, 2.75) is 38.6 Å². The minimum Gasteiger partial charge on any atom is -0.497 e. The summed E-state index contributed by atoms with van der Waals surface area (Å²) in [5.74, 6) is 0.726. The molecule has 24 heavy (non-hydrogen) atoms. The van der Waals surface area contributed by atoms with E-state index in [1.165, 1.54) is 24.0 Å². The number of aryl methyl sites for hydroxylation is 1. The van der Waals surface area contributed by atoms with Crippen LogP contribution in [0.5, 0.6) is 5.75 Å². The van der Waals surface area contributed by atoms with Gasteiger partial charge >= 0.3 is 0 Å². The third kappa shape index (κ3) is 3.70. The van der Waals surface area contributed by atoms with Crippen molar-refractivity contribution in [3.8, 4) is 5.75 Å². The van der Waals surface area contributed by atoms with Crippen LogP contribution in [-0.2, 0) is 17.6 Å². The molecule has 0 saturated carbocycles. The van der Waals surface area contributed by atoms with Crippen LogP contribution in [0.15, 0.2) is 42.5 Å². The fourth-order valence-electron chi connectivity index (χ4n) is 3.14. The Morgan fingerprint density at radius 2 is 1.83 bits per heavy atom. The minimum absolute atomic E-state index is 0.0476. The van der Waals surface area contributed by atoms with Crippen molar-refractivity contribution in [2.75, 3.05) is 17.7 Å². The van der Waals surface area contributed by atoms with Gasteiger partial charge in [0.25, 0.3) is 0 Å². The van der Waals surface area contributed by atoms with Crippen molar-refractivity contribution in [3.63, 3.8) is 0 Å². The Morgan fingerprint density at radius 3 is 2.58 bits per heavy atom. The molecule has 0 aliphatic heterocycles. The molecule has 3 rings (SSSR count). The highest BCUT2D eigenvalue weighted by Crippen LogP contribution is 2.28. The molecule has 0 saturated heterocycles. The summed E-state index contributed by atoms with van der Waals surface area (Å²) in [5.41, 5.74) is 4.64. The molecule has 2 aromatic rings. The average molecular weight is 324 g/mol. The fourth-order valence-corrected chi connectivity index (χ4v) is 3.14. The van der Waals surface area contributed by atoms with Crippen molar-refractivity contribution >= 4 is 17.3 Å². The lowest BCUT2D eigenvalue weighted by Gasteiger charge is -2.22. The van der Waals surface area contributed by atoms with Gasteiger partial charge in [-0.1, -0.05) is 12.1 Å². The third-order valence-electron chi connectivity index (χ3n) is 4.52. The molecular weight excluding hydrogens is 300 g/mol. The molecular formula is C20H24N2O2. The van der Waals surface area contributed by atoms with Gasteiger partial charge in [-0.15, -0.1) is 0 Å². The molecule has 0 spiro atoms. The SMILES string of the molecule is COc1ccc(NC(=O)[C@@H](C)Nc2cccc3c2CCCC3)cc1. The van der Waals surface area contributed by atoms with Gasteiger partial charge in [0.1, 0.15) is 11.8 Å². The number of carbonyl (C=O) groups is 1. The van der Waals surface area contributed by atoms with E-state index < -0.39 is 0 Å². The van der Waals surface area contributed by atoms with E-state index in [0.717, 1.165) is 30.0 Å². The number of ether oxygens (including phenoxy) is 1. The Balaban J connectivity index is 1.66. The van der Waals surface area contributed by atoms with Gasteiger partial charge in [-0.05, 0) is 74.1 Å². The van der Waals surface area contributed by atoms with E-state index in [0.29, 0.717) is 0 Å². The summed E-state index contributed by atoms with van der Waals surface area (Å²) < 4.78 is 5.13. The topological polar surface area (TPSA) is 50.4 Å². The number of amides is 1. The second-order valence-corrected chi connectivity index (χ2v) is 6.23.